The molecule has 3 nitrogen and oxygen atoms in total. The van der Waals surface area contributed by atoms with Gasteiger partial charge in [-0.15, -0.1) is 0 Å². The lowest BCUT2D eigenvalue weighted by molar-refractivity contribution is 0.00915. The highest BCUT2D eigenvalue weighted by atomic mass is 19.1. The standard InChI is InChI=1S/C11H13FN2O.C2H6/c1-7-2-10-11(3-9(7)12)14(6-13-10)8-4-15-5-8;1-2/h2-3,8,13H,4-6H2,1H3;1-2H3. The van der Waals surface area contributed by atoms with Crippen LogP contribution >= 0.6 is 0 Å². The Labute approximate surface area is 102 Å². The Morgan fingerprint density at radius 1 is 1.35 bits per heavy atom. The number of aryl methyl sites for hydroxylation is 1. The first-order valence-electron chi connectivity index (χ1n) is 6.14. The van der Waals surface area contributed by atoms with E-state index in [0.29, 0.717) is 11.6 Å². The second kappa shape index (κ2) is 4.92. The number of nitrogens with one attached hydrogen (secondary N) is 1. The van der Waals surface area contributed by atoms with Crippen molar-refractivity contribution in [2.24, 2.45) is 0 Å². The second-order valence-electron chi connectivity index (χ2n) is 4.11. The summed E-state index contributed by atoms with van der Waals surface area (Å²) in [6, 6.07) is 3.88. The second-order valence-corrected chi connectivity index (χ2v) is 4.11. The van der Waals surface area contributed by atoms with Crippen LogP contribution in [0.25, 0.3) is 0 Å². The van der Waals surface area contributed by atoms with Crippen molar-refractivity contribution in [3.05, 3.63) is 23.5 Å². The van der Waals surface area contributed by atoms with E-state index < -0.39 is 0 Å². The normalized spacial score (nSPS) is 17.8. The molecule has 2 heterocycles. The Morgan fingerprint density at radius 3 is 2.65 bits per heavy atom. The van der Waals surface area contributed by atoms with E-state index in [2.05, 4.69) is 10.2 Å². The molecule has 2 aliphatic heterocycles. The van der Waals surface area contributed by atoms with Crippen LogP contribution in [-0.4, -0.2) is 25.9 Å². The average molecular weight is 238 g/mol. The minimum absolute atomic E-state index is 0.136. The highest BCUT2D eigenvalue weighted by Crippen LogP contribution is 2.35. The maximum atomic E-state index is 13.4. The number of hydrogen-bond acceptors (Lipinski definition) is 3. The summed E-state index contributed by atoms with van der Waals surface area (Å²) in [4.78, 5) is 2.17. The lowest BCUT2D eigenvalue weighted by Gasteiger charge is -2.35. The molecular weight excluding hydrogens is 219 g/mol. The van der Waals surface area contributed by atoms with Crippen LogP contribution in [0.5, 0.6) is 0 Å². The molecule has 0 atom stereocenters. The van der Waals surface area contributed by atoms with Gasteiger partial charge < -0.3 is 15.0 Å². The fraction of sp³-hybridized carbons (Fsp3) is 0.538. The fourth-order valence-corrected chi connectivity index (χ4v) is 2.03. The average Bonchev–Trinajstić information content (AvgIpc) is 2.64. The van der Waals surface area contributed by atoms with Gasteiger partial charge in [0.2, 0.25) is 0 Å². The van der Waals surface area contributed by atoms with E-state index in [1.54, 1.807) is 13.0 Å². The van der Waals surface area contributed by atoms with Crippen molar-refractivity contribution in [2.75, 3.05) is 30.1 Å². The molecule has 0 spiro atoms. The maximum absolute atomic E-state index is 13.4. The van der Waals surface area contributed by atoms with Crippen molar-refractivity contribution in [3.8, 4) is 0 Å². The number of benzene rings is 1. The molecule has 0 radical (unpaired) electrons. The molecule has 1 fully saturated rings. The van der Waals surface area contributed by atoms with Crippen molar-refractivity contribution in [3.63, 3.8) is 0 Å². The van der Waals surface area contributed by atoms with E-state index in [0.717, 1.165) is 31.3 Å². The summed E-state index contributed by atoms with van der Waals surface area (Å²) in [6.07, 6.45) is 0. The summed E-state index contributed by atoms with van der Waals surface area (Å²) in [7, 11) is 0. The number of nitrogens with zero attached hydrogens (tertiary/aromatic N) is 1. The minimum atomic E-state index is -0.136. The topological polar surface area (TPSA) is 24.5 Å². The summed E-state index contributed by atoms with van der Waals surface area (Å²) in [6.45, 7) is 8.03. The van der Waals surface area contributed by atoms with Gasteiger partial charge in [0, 0.05) is 0 Å². The highest BCUT2D eigenvalue weighted by Gasteiger charge is 2.31. The minimum Gasteiger partial charge on any atom is -0.377 e. The first-order valence-corrected chi connectivity index (χ1v) is 6.14. The monoisotopic (exact) mass is 238 g/mol. The number of anilines is 2. The SMILES string of the molecule is CC.Cc1cc2c(cc1F)N(C1COC1)CN2. The third-order valence-corrected chi connectivity index (χ3v) is 3.09. The van der Waals surface area contributed by atoms with Gasteiger partial charge in [0.1, 0.15) is 5.82 Å². The summed E-state index contributed by atoms with van der Waals surface area (Å²) < 4.78 is 18.6. The molecule has 0 unspecified atom stereocenters. The van der Waals surface area contributed by atoms with E-state index in [9.17, 15) is 4.39 Å². The van der Waals surface area contributed by atoms with Crippen LogP contribution in [0.3, 0.4) is 0 Å². The molecule has 1 aromatic carbocycles. The summed E-state index contributed by atoms with van der Waals surface area (Å²) in [5.41, 5.74) is 2.68. The highest BCUT2D eigenvalue weighted by molar-refractivity contribution is 5.76. The Morgan fingerprint density at radius 2 is 2.06 bits per heavy atom. The smallest absolute Gasteiger partial charge is 0.128 e. The van der Waals surface area contributed by atoms with Gasteiger partial charge in [0.15, 0.2) is 0 Å². The summed E-state index contributed by atoms with van der Waals surface area (Å²) in [5, 5.41) is 3.27. The number of rotatable bonds is 1. The van der Waals surface area contributed by atoms with Crippen LogP contribution < -0.4 is 10.2 Å². The summed E-state index contributed by atoms with van der Waals surface area (Å²) in [5.74, 6) is -0.136. The predicted molar refractivity (Wildman–Crippen MR) is 68.1 cm³/mol. The van der Waals surface area contributed by atoms with Crippen molar-refractivity contribution in [1.29, 1.82) is 0 Å². The molecule has 0 saturated carbocycles. The Balaban J connectivity index is 0.000000514. The van der Waals surface area contributed by atoms with Gasteiger partial charge in [0.05, 0.1) is 37.3 Å². The molecular formula is C13H19FN2O. The van der Waals surface area contributed by atoms with Gasteiger partial charge in [-0.25, -0.2) is 4.39 Å². The van der Waals surface area contributed by atoms with Gasteiger partial charge in [-0.3, -0.25) is 0 Å². The first-order chi connectivity index (χ1) is 8.25. The molecule has 94 valence electrons. The predicted octanol–water partition coefficient (Wildman–Crippen LogP) is 2.75. The Kier molecular flexibility index (Phi) is 3.52. The molecule has 3 rings (SSSR count). The molecule has 1 saturated heterocycles. The third-order valence-electron chi connectivity index (χ3n) is 3.09. The lowest BCUT2D eigenvalue weighted by Crippen LogP contribution is -2.49. The maximum Gasteiger partial charge on any atom is 0.128 e. The van der Waals surface area contributed by atoms with Gasteiger partial charge in [-0.1, -0.05) is 13.8 Å². The van der Waals surface area contributed by atoms with Gasteiger partial charge >= 0.3 is 0 Å². The molecule has 0 aliphatic carbocycles. The molecule has 0 amide bonds. The third kappa shape index (κ3) is 2.09. The van der Waals surface area contributed by atoms with E-state index >= 15 is 0 Å². The van der Waals surface area contributed by atoms with Crippen LogP contribution in [0.15, 0.2) is 12.1 Å². The molecule has 0 aromatic heterocycles. The number of halogens is 1. The largest absolute Gasteiger partial charge is 0.377 e. The van der Waals surface area contributed by atoms with Crippen molar-refractivity contribution in [1.82, 2.24) is 0 Å². The van der Waals surface area contributed by atoms with Gasteiger partial charge in [-0.2, -0.15) is 0 Å². The molecule has 2 aliphatic rings. The van der Waals surface area contributed by atoms with Crippen molar-refractivity contribution in [2.45, 2.75) is 26.8 Å². The quantitative estimate of drug-likeness (QED) is 0.814. The number of fused-ring (bicyclic) bond motifs is 1. The van der Waals surface area contributed by atoms with Gasteiger partial charge in [0.25, 0.3) is 0 Å². The molecule has 1 aromatic rings. The van der Waals surface area contributed by atoms with Crippen LogP contribution in [0.4, 0.5) is 15.8 Å². The Bertz CT molecular complexity index is 405. The van der Waals surface area contributed by atoms with Crippen molar-refractivity contribution >= 4 is 11.4 Å². The fourth-order valence-electron chi connectivity index (χ4n) is 2.03. The van der Waals surface area contributed by atoms with E-state index in [1.807, 2.05) is 19.9 Å². The molecule has 4 heteroatoms. The van der Waals surface area contributed by atoms with Crippen LogP contribution in [0.2, 0.25) is 0 Å². The van der Waals surface area contributed by atoms with E-state index in [-0.39, 0.29) is 5.82 Å². The molecule has 0 bridgehead atoms. The van der Waals surface area contributed by atoms with Crippen LogP contribution in [0, 0.1) is 12.7 Å². The van der Waals surface area contributed by atoms with E-state index in [1.165, 1.54) is 0 Å². The van der Waals surface area contributed by atoms with Gasteiger partial charge in [-0.05, 0) is 24.6 Å². The zero-order chi connectivity index (χ0) is 12.4. The first kappa shape index (κ1) is 12.2. The number of hydrogen-bond donors (Lipinski definition) is 1. The summed E-state index contributed by atoms with van der Waals surface area (Å²) >= 11 is 0. The molecule has 1 N–H and O–H groups in total. The zero-order valence-corrected chi connectivity index (χ0v) is 10.6. The Hall–Kier alpha value is -1.29. The van der Waals surface area contributed by atoms with Crippen LogP contribution in [-0.2, 0) is 4.74 Å². The van der Waals surface area contributed by atoms with E-state index in [4.69, 9.17) is 4.74 Å². The lowest BCUT2D eigenvalue weighted by atomic mass is 10.1. The van der Waals surface area contributed by atoms with Crippen molar-refractivity contribution < 1.29 is 9.13 Å². The molecule has 17 heavy (non-hydrogen) atoms. The zero-order valence-electron chi connectivity index (χ0n) is 10.6. The number of ether oxygens (including phenoxy) is 1. The van der Waals surface area contributed by atoms with Crippen LogP contribution in [0.1, 0.15) is 19.4 Å².